The molecule has 0 aliphatic heterocycles. The fraction of sp³-hybridized carbons (Fsp3) is 0.500. The van der Waals surface area contributed by atoms with E-state index in [1.54, 1.807) is 12.1 Å². The van der Waals surface area contributed by atoms with E-state index in [9.17, 15) is 8.78 Å². The third kappa shape index (κ3) is 4.95. The topological polar surface area (TPSA) is 67.5 Å². The Hall–Kier alpha value is -1.24. The molecule has 0 bridgehead atoms. The Morgan fingerprint density at radius 1 is 1.28 bits per heavy atom. The van der Waals surface area contributed by atoms with Gasteiger partial charge in [0.2, 0.25) is 0 Å². The molecule has 0 aliphatic rings. The van der Waals surface area contributed by atoms with Crippen molar-refractivity contribution in [3.05, 3.63) is 29.8 Å². The molecule has 102 valence electrons. The van der Waals surface area contributed by atoms with E-state index >= 15 is 0 Å². The molecular formula is C12H18F2N2O2. The molecule has 0 aliphatic carbocycles. The van der Waals surface area contributed by atoms with Crippen LogP contribution in [0.15, 0.2) is 24.3 Å². The van der Waals surface area contributed by atoms with E-state index in [2.05, 4.69) is 10.1 Å². The number of hydrogen-bond acceptors (Lipinski definition) is 4. The van der Waals surface area contributed by atoms with Crippen molar-refractivity contribution in [1.82, 2.24) is 5.32 Å². The summed E-state index contributed by atoms with van der Waals surface area (Å²) in [5.74, 6) is 0.125. The molecule has 0 amide bonds. The summed E-state index contributed by atoms with van der Waals surface area (Å²) in [4.78, 5) is 0. The first kappa shape index (κ1) is 14.8. The molecule has 0 saturated carbocycles. The van der Waals surface area contributed by atoms with Gasteiger partial charge in [-0.05, 0) is 30.7 Å². The van der Waals surface area contributed by atoms with Crippen LogP contribution in [0.3, 0.4) is 0 Å². The Balaban J connectivity index is 2.57. The molecule has 0 fully saturated rings. The minimum Gasteiger partial charge on any atom is -0.435 e. The number of hydrogen-bond donors (Lipinski definition) is 3. The number of aliphatic hydroxyl groups is 1. The molecular weight excluding hydrogens is 242 g/mol. The lowest BCUT2D eigenvalue weighted by Gasteiger charge is -2.17. The summed E-state index contributed by atoms with van der Waals surface area (Å²) < 4.78 is 28.2. The van der Waals surface area contributed by atoms with E-state index in [0.717, 1.165) is 5.56 Å². The molecule has 6 heteroatoms. The van der Waals surface area contributed by atoms with Crippen molar-refractivity contribution in [3.8, 4) is 5.75 Å². The molecule has 1 aromatic carbocycles. The summed E-state index contributed by atoms with van der Waals surface area (Å²) in [6, 6.07) is 6.30. The normalized spacial score (nSPS) is 12.7. The number of halogens is 2. The van der Waals surface area contributed by atoms with Crippen LogP contribution in [-0.2, 0) is 0 Å². The molecule has 1 rings (SSSR count). The van der Waals surface area contributed by atoms with Crippen LogP contribution < -0.4 is 15.8 Å². The summed E-state index contributed by atoms with van der Waals surface area (Å²) in [6.45, 7) is -1.66. The summed E-state index contributed by atoms with van der Waals surface area (Å²) >= 11 is 0. The first-order valence-electron chi connectivity index (χ1n) is 5.76. The molecule has 4 nitrogen and oxygen atoms in total. The Morgan fingerprint density at radius 3 is 2.44 bits per heavy atom. The van der Waals surface area contributed by atoms with Crippen molar-refractivity contribution < 1.29 is 18.6 Å². The van der Waals surface area contributed by atoms with E-state index in [-0.39, 0.29) is 18.4 Å². The fourth-order valence-corrected chi connectivity index (χ4v) is 1.57. The molecule has 0 radical (unpaired) electrons. The van der Waals surface area contributed by atoms with Gasteiger partial charge in [-0.3, -0.25) is 0 Å². The first-order valence-corrected chi connectivity index (χ1v) is 5.76. The average Bonchev–Trinajstić information content (AvgIpc) is 2.35. The quantitative estimate of drug-likeness (QED) is 0.616. The molecule has 1 atom stereocenters. The SMILES string of the molecule is NCC(NCCCO)c1ccc(OC(F)F)cc1. The Labute approximate surface area is 105 Å². The van der Waals surface area contributed by atoms with Gasteiger partial charge in [0.1, 0.15) is 5.75 Å². The van der Waals surface area contributed by atoms with Gasteiger partial charge in [0.05, 0.1) is 0 Å². The predicted molar refractivity (Wildman–Crippen MR) is 64.6 cm³/mol. The van der Waals surface area contributed by atoms with Crippen LogP contribution >= 0.6 is 0 Å². The van der Waals surface area contributed by atoms with E-state index < -0.39 is 6.61 Å². The maximum atomic E-state index is 12.0. The monoisotopic (exact) mass is 260 g/mol. The largest absolute Gasteiger partial charge is 0.435 e. The van der Waals surface area contributed by atoms with Crippen LogP contribution in [0.1, 0.15) is 18.0 Å². The highest BCUT2D eigenvalue weighted by atomic mass is 19.3. The number of rotatable bonds is 8. The Bertz CT molecular complexity index is 333. The second-order valence-electron chi connectivity index (χ2n) is 3.77. The van der Waals surface area contributed by atoms with Crippen LogP contribution in [0, 0.1) is 0 Å². The van der Waals surface area contributed by atoms with Crippen molar-refractivity contribution in [2.45, 2.75) is 19.1 Å². The number of alkyl halides is 2. The second kappa shape index (κ2) is 7.97. The summed E-state index contributed by atoms with van der Waals surface area (Å²) in [6.07, 6.45) is 0.642. The summed E-state index contributed by atoms with van der Waals surface area (Å²) in [5, 5.41) is 11.9. The first-order chi connectivity index (χ1) is 8.67. The maximum Gasteiger partial charge on any atom is 0.387 e. The average molecular weight is 260 g/mol. The molecule has 0 heterocycles. The zero-order chi connectivity index (χ0) is 13.4. The highest BCUT2D eigenvalue weighted by Crippen LogP contribution is 2.18. The Morgan fingerprint density at radius 2 is 1.94 bits per heavy atom. The molecule has 1 unspecified atom stereocenters. The van der Waals surface area contributed by atoms with Gasteiger partial charge in [-0.15, -0.1) is 0 Å². The molecule has 0 aromatic heterocycles. The van der Waals surface area contributed by atoms with Crippen molar-refractivity contribution in [2.75, 3.05) is 19.7 Å². The van der Waals surface area contributed by atoms with Gasteiger partial charge in [-0.2, -0.15) is 8.78 Å². The zero-order valence-corrected chi connectivity index (χ0v) is 9.98. The third-order valence-electron chi connectivity index (χ3n) is 2.47. The van der Waals surface area contributed by atoms with Crippen LogP contribution in [0.25, 0.3) is 0 Å². The second-order valence-corrected chi connectivity index (χ2v) is 3.77. The molecule has 1 aromatic rings. The van der Waals surface area contributed by atoms with Crippen molar-refractivity contribution in [2.24, 2.45) is 5.73 Å². The van der Waals surface area contributed by atoms with E-state index in [4.69, 9.17) is 10.8 Å². The van der Waals surface area contributed by atoms with E-state index in [1.165, 1.54) is 12.1 Å². The van der Waals surface area contributed by atoms with Gasteiger partial charge >= 0.3 is 6.61 Å². The fourth-order valence-electron chi connectivity index (χ4n) is 1.57. The lowest BCUT2D eigenvalue weighted by molar-refractivity contribution is -0.0498. The minimum atomic E-state index is -2.82. The third-order valence-corrected chi connectivity index (χ3v) is 2.47. The van der Waals surface area contributed by atoms with Crippen molar-refractivity contribution >= 4 is 0 Å². The molecule has 18 heavy (non-hydrogen) atoms. The van der Waals surface area contributed by atoms with Gasteiger partial charge in [-0.25, -0.2) is 0 Å². The number of ether oxygens (including phenoxy) is 1. The summed E-state index contributed by atoms with van der Waals surface area (Å²) in [5.41, 5.74) is 6.53. The van der Waals surface area contributed by atoms with Gasteiger partial charge in [0.15, 0.2) is 0 Å². The smallest absolute Gasteiger partial charge is 0.387 e. The lowest BCUT2D eigenvalue weighted by Crippen LogP contribution is -2.29. The highest BCUT2D eigenvalue weighted by Gasteiger charge is 2.09. The number of benzene rings is 1. The van der Waals surface area contributed by atoms with E-state index in [0.29, 0.717) is 19.5 Å². The standard InChI is InChI=1S/C12H18F2N2O2/c13-12(14)18-10-4-2-9(3-5-10)11(8-15)16-6-1-7-17/h2-5,11-12,16-17H,1,6-8,15H2. The number of nitrogens with two attached hydrogens (primary N) is 1. The van der Waals surface area contributed by atoms with Crippen molar-refractivity contribution in [3.63, 3.8) is 0 Å². The van der Waals surface area contributed by atoms with Gasteiger partial charge in [0, 0.05) is 19.2 Å². The molecule has 4 N–H and O–H groups in total. The van der Waals surface area contributed by atoms with E-state index in [1.807, 2.05) is 0 Å². The summed E-state index contributed by atoms with van der Waals surface area (Å²) in [7, 11) is 0. The van der Waals surface area contributed by atoms with Gasteiger partial charge < -0.3 is 20.9 Å². The number of aliphatic hydroxyl groups excluding tert-OH is 1. The Kier molecular flexibility index (Phi) is 6.56. The maximum absolute atomic E-state index is 12.0. The van der Waals surface area contributed by atoms with Crippen LogP contribution in [0.5, 0.6) is 5.75 Å². The lowest BCUT2D eigenvalue weighted by atomic mass is 10.1. The van der Waals surface area contributed by atoms with Gasteiger partial charge in [-0.1, -0.05) is 12.1 Å². The predicted octanol–water partition coefficient (Wildman–Crippen LogP) is 1.26. The zero-order valence-electron chi connectivity index (χ0n) is 9.98. The van der Waals surface area contributed by atoms with Gasteiger partial charge in [0.25, 0.3) is 0 Å². The highest BCUT2D eigenvalue weighted by molar-refractivity contribution is 5.29. The van der Waals surface area contributed by atoms with Crippen LogP contribution in [0.4, 0.5) is 8.78 Å². The van der Waals surface area contributed by atoms with Crippen LogP contribution in [0.2, 0.25) is 0 Å². The molecule has 0 spiro atoms. The van der Waals surface area contributed by atoms with Crippen molar-refractivity contribution in [1.29, 1.82) is 0 Å². The minimum absolute atomic E-state index is 0.0582. The molecule has 0 saturated heterocycles. The number of nitrogens with one attached hydrogen (secondary N) is 1. The van der Waals surface area contributed by atoms with Crippen LogP contribution in [-0.4, -0.2) is 31.4 Å².